The molecule has 3 fully saturated rings. The Bertz CT molecular complexity index is 1000. The van der Waals surface area contributed by atoms with Crippen LogP contribution in [0.3, 0.4) is 0 Å². The molecule has 8 nitrogen and oxygen atoms in total. The van der Waals surface area contributed by atoms with Gasteiger partial charge in [0.15, 0.2) is 0 Å². The van der Waals surface area contributed by atoms with Gasteiger partial charge < -0.3 is 25.0 Å². The molecule has 38 heavy (non-hydrogen) atoms. The van der Waals surface area contributed by atoms with Crippen molar-refractivity contribution in [1.29, 1.82) is 0 Å². The number of carbonyl (C=O) groups is 3. The first kappa shape index (κ1) is 27.0. The summed E-state index contributed by atoms with van der Waals surface area (Å²) < 4.78 is 12.4. The normalized spacial score (nSPS) is 26.8. The van der Waals surface area contributed by atoms with Crippen LogP contribution in [0, 0.1) is 11.8 Å². The predicted molar refractivity (Wildman–Crippen MR) is 145 cm³/mol. The predicted octanol–water partition coefficient (Wildman–Crippen LogP) is 4.67. The fourth-order valence-electron chi connectivity index (χ4n) is 6.64. The standard InChI is InChI=1S/C30H43N3O5/c1-33-25-14-13-23(17-28(34)31-18-20-8-4-2-5-9-20)38-27(25)19-37-26-15-12-22(16-24(26)30(33)36)32-29(35)21-10-6-3-7-11-21/h12,15-16,20-21,23,25,27H,2-11,13-14,17-19H2,1H3,(H,31,34)(H,32,35)/t23-,25-,27-/m0/s1. The largest absolute Gasteiger partial charge is 0.490 e. The quantitative estimate of drug-likeness (QED) is 0.563. The van der Waals surface area contributed by atoms with E-state index in [9.17, 15) is 14.4 Å². The maximum Gasteiger partial charge on any atom is 0.257 e. The van der Waals surface area contributed by atoms with E-state index >= 15 is 0 Å². The number of anilines is 1. The van der Waals surface area contributed by atoms with Gasteiger partial charge in [-0.25, -0.2) is 0 Å². The van der Waals surface area contributed by atoms with E-state index in [2.05, 4.69) is 10.6 Å². The second-order valence-electron chi connectivity index (χ2n) is 11.7. The highest BCUT2D eigenvalue weighted by Crippen LogP contribution is 2.33. The van der Waals surface area contributed by atoms with E-state index in [4.69, 9.17) is 9.47 Å². The Balaban J connectivity index is 1.18. The number of amides is 3. The zero-order valence-corrected chi connectivity index (χ0v) is 22.7. The third kappa shape index (κ3) is 6.50. The van der Waals surface area contributed by atoms with Crippen LogP contribution < -0.4 is 15.4 Å². The Morgan fingerprint density at radius 2 is 1.71 bits per heavy atom. The van der Waals surface area contributed by atoms with Gasteiger partial charge in [-0.15, -0.1) is 0 Å². The van der Waals surface area contributed by atoms with Crippen molar-refractivity contribution in [3.63, 3.8) is 0 Å². The van der Waals surface area contributed by atoms with Crippen LogP contribution in [0.2, 0.25) is 0 Å². The molecule has 2 heterocycles. The van der Waals surface area contributed by atoms with E-state index in [0.29, 0.717) is 35.9 Å². The second kappa shape index (κ2) is 12.5. The summed E-state index contributed by atoms with van der Waals surface area (Å²) in [4.78, 5) is 40.6. The average Bonchev–Trinajstić information content (AvgIpc) is 2.95. The van der Waals surface area contributed by atoms with E-state index in [1.165, 1.54) is 38.5 Å². The van der Waals surface area contributed by atoms with Gasteiger partial charge in [-0.1, -0.05) is 38.5 Å². The molecule has 0 radical (unpaired) electrons. The monoisotopic (exact) mass is 525 g/mol. The summed E-state index contributed by atoms with van der Waals surface area (Å²) in [7, 11) is 1.81. The molecule has 1 saturated heterocycles. The van der Waals surface area contributed by atoms with E-state index in [1.54, 1.807) is 23.1 Å². The molecule has 0 bridgehead atoms. The Kier molecular flexibility index (Phi) is 8.87. The molecule has 0 unspecified atom stereocenters. The van der Waals surface area contributed by atoms with Crippen LogP contribution in [0.15, 0.2) is 18.2 Å². The van der Waals surface area contributed by atoms with E-state index in [0.717, 1.165) is 45.1 Å². The van der Waals surface area contributed by atoms with Crippen LogP contribution in [0.5, 0.6) is 5.75 Å². The first-order chi connectivity index (χ1) is 18.5. The molecule has 8 heteroatoms. The third-order valence-corrected chi connectivity index (χ3v) is 8.98. The molecule has 2 aliphatic heterocycles. The van der Waals surface area contributed by atoms with Gasteiger partial charge in [0.2, 0.25) is 11.8 Å². The lowest BCUT2D eigenvalue weighted by molar-refractivity contribution is -0.134. The van der Waals surface area contributed by atoms with E-state index in [-0.39, 0.29) is 41.9 Å². The molecule has 3 amide bonds. The average molecular weight is 526 g/mol. The highest BCUT2D eigenvalue weighted by atomic mass is 16.5. The smallest absolute Gasteiger partial charge is 0.257 e. The van der Waals surface area contributed by atoms with Crippen LogP contribution >= 0.6 is 0 Å². The summed E-state index contributed by atoms with van der Waals surface area (Å²) in [6.45, 7) is 1.07. The van der Waals surface area contributed by atoms with Gasteiger partial charge in [0.25, 0.3) is 5.91 Å². The number of ether oxygens (including phenoxy) is 2. The molecule has 1 aromatic carbocycles. The number of rotatable bonds is 6. The van der Waals surface area contributed by atoms with Crippen molar-refractivity contribution >= 4 is 23.4 Å². The maximum absolute atomic E-state index is 13.5. The Hall–Kier alpha value is -2.61. The zero-order chi connectivity index (χ0) is 26.5. The summed E-state index contributed by atoms with van der Waals surface area (Å²) in [5.41, 5.74) is 1.08. The number of hydrogen-bond acceptors (Lipinski definition) is 5. The number of nitrogens with one attached hydrogen (secondary N) is 2. The second-order valence-corrected chi connectivity index (χ2v) is 11.7. The van der Waals surface area contributed by atoms with E-state index < -0.39 is 0 Å². The number of hydrogen-bond donors (Lipinski definition) is 2. The van der Waals surface area contributed by atoms with Crippen molar-refractivity contribution in [1.82, 2.24) is 10.2 Å². The molecular formula is C30H43N3O5. The van der Waals surface area contributed by atoms with Gasteiger partial charge in [0, 0.05) is 25.2 Å². The van der Waals surface area contributed by atoms with Crippen molar-refractivity contribution in [2.45, 2.75) is 102 Å². The summed E-state index contributed by atoms with van der Waals surface area (Å²) in [5.74, 6) is 1.07. The molecule has 1 aromatic rings. The first-order valence-electron chi connectivity index (χ1n) is 14.7. The van der Waals surface area contributed by atoms with Gasteiger partial charge in [0.1, 0.15) is 18.5 Å². The third-order valence-electron chi connectivity index (χ3n) is 8.98. The molecule has 2 saturated carbocycles. The molecule has 0 aromatic heterocycles. The van der Waals surface area contributed by atoms with Gasteiger partial charge >= 0.3 is 0 Å². The lowest BCUT2D eigenvalue weighted by Gasteiger charge is -2.42. The van der Waals surface area contributed by atoms with Crippen molar-refractivity contribution in [3.05, 3.63) is 23.8 Å². The number of carbonyl (C=O) groups excluding carboxylic acids is 3. The summed E-state index contributed by atoms with van der Waals surface area (Å²) in [5, 5.41) is 6.13. The van der Waals surface area contributed by atoms with Gasteiger partial charge in [-0.05, 0) is 62.6 Å². The van der Waals surface area contributed by atoms with Crippen molar-refractivity contribution < 1.29 is 23.9 Å². The topological polar surface area (TPSA) is 97.0 Å². The van der Waals surface area contributed by atoms with Crippen molar-refractivity contribution in [2.75, 3.05) is 25.5 Å². The van der Waals surface area contributed by atoms with Gasteiger partial charge in [0.05, 0.1) is 24.1 Å². The van der Waals surface area contributed by atoms with Crippen molar-refractivity contribution in [2.24, 2.45) is 11.8 Å². The van der Waals surface area contributed by atoms with Crippen molar-refractivity contribution in [3.8, 4) is 5.75 Å². The minimum absolute atomic E-state index is 0.0341. The minimum atomic E-state index is -0.298. The fourth-order valence-corrected chi connectivity index (χ4v) is 6.64. The molecule has 0 spiro atoms. The van der Waals surface area contributed by atoms with Crippen LogP contribution in [0.25, 0.3) is 0 Å². The first-order valence-corrected chi connectivity index (χ1v) is 14.7. The van der Waals surface area contributed by atoms with E-state index in [1.807, 2.05) is 7.05 Å². The van der Waals surface area contributed by atoms with Crippen LogP contribution in [0.4, 0.5) is 5.69 Å². The van der Waals surface area contributed by atoms with Crippen LogP contribution in [-0.4, -0.2) is 61.1 Å². The minimum Gasteiger partial charge on any atom is -0.490 e. The number of likely N-dealkylation sites (N-methyl/N-ethyl adjacent to an activating group) is 1. The van der Waals surface area contributed by atoms with Gasteiger partial charge in [-0.3, -0.25) is 14.4 Å². The SMILES string of the molecule is CN1C(=O)c2cc(NC(=O)C3CCCCC3)ccc2OC[C@@H]2O[C@H](CC(=O)NCC3CCCCC3)CC[C@@H]21. The number of fused-ring (bicyclic) bond motifs is 2. The lowest BCUT2D eigenvalue weighted by atomic mass is 9.88. The molecule has 208 valence electrons. The number of benzene rings is 1. The highest BCUT2D eigenvalue weighted by Gasteiger charge is 2.39. The molecular weight excluding hydrogens is 482 g/mol. The molecule has 4 aliphatic rings. The fraction of sp³-hybridized carbons (Fsp3) is 0.700. The molecule has 3 atom stereocenters. The molecule has 5 rings (SSSR count). The molecule has 2 aliphatic carbocycles. The number of nitrogens with zero attached hydrogens (tertiary/aromatic N) is 1. The highest BCUT2D eigenvalue weighted by molar-refractivity contribution is 6.00. The van der Waals surface area contributed by atoms with Gasteiger partial charge in [-0.2, -0.15) is 0 Å². The zero-order valence-electron chi connectivity index (χ0n) is 22.7. The Labute approximate surface area is 226 Å². The lowest BCUT2D eigenvalue weighted by Crippen LogP contribution is -2.54. The maximum atomic E-state index is 13.5. The Morgan fingerprint density at radius 3 is 2.47 bits per heavy atom. The summed E-state index contributed by atoms with van der Waals surface area (Å²) in [6, 6.07) is 5.17. The molecule has 2 N–H and O–H groups in total. The summed E-state index contributed by atoms with van der Waals surface area (Å²) in [6.07, 6.45) is 12.8. The Morgan fingerprint density at radius 1 is 0.974 bits per heavy atom. The van der Waals surface area contributed by atoms with Crippen LogP contribution in [-0.2, 0) is 14.3 Å². The summed E-state index contributed by atoms with van der Waals surface area (Å²) >= 11 is 0. The van der Waals surface area contributed by atoms with Crippen LogP contribution in [0.1, 0.15) is 93.8 Å².